The molecule has 0 amide bonds. The molecule has 1 heterocycles. The van der Waals surface area contributed by atoms with Gasteiger partial charge < -0.3 is 7.96 Å². The predicted molar refractivity (Wildman–Crippen MR) is 38.2 cm³/mol. The summed E-state index contributed by atoms with van der Waals surface area (Å²) in [5, 5.41) is 10.2. The number of aromatic carboxylic acids is 1. The third-order valence-corrected chi connectivity index (χ3v) is 2.06. The van der Waals surface area contributed by atoms with Crippen LogP contribution in [0.25, 0.3) is 0 Å². The summed E-state index contributed by atoms with van der Waals surface area (Å²) in [4.78, 5) is 10.7. The minimum Gasteiger partial charge on any atom is -1.00 e. The fraction of sp³-hybridized carbons (Fsp3) is 0.167. The summed E-state index contributed by atoms with van der Waals surface area (Å²) in [7, 11) is 0. The van der Waals surface area contributed by atoms with Crippen molar-refractivity contribution >= 4 is 17.3 Å². The maximum absolute atomic E-state index is 10.3. The van der Waals surface area contributed by atoms with Crippen LogP contribution >= 0.6 is 11.3 Å². The number of hydrogen-bond donors (Lipinski definition) is 1. The van der Waals surface area contributed by atoms with Gasteiger partial charge in [0.25, 0.3) is 0 Å². The molecule has 2 nitrogen and oxygen atoms in total. The number of thiophene rings is 1. The SMILES string of the molecule is Cc1ccsc1C(=O)O.[H-].[H-].[Na+].[Na+]. The molecule has 0 unspecified atom stereocenters. The van der Waals surface area contributed by atoms with Crippen molar-refractivity contribution in [2.45, 2.75) is 6.92 Å². The Hall–Kier alpha value is 1.17. The molecular formula is C6H8Na2O2S. The molecule has 1 rings (SSSR count). The van der Waals surface area contributed by atoms with Crippen molar-refractivity contribution < 1.29 is 71.9 Å². The molecule has 52 valence electrons. The summed E-state index contributed by atoms with van der Waals surface area (Å²) < 4.78 is 0. The maximum Gasteiger partial charge on any atom is 1.00 e. The molecule has 0 aliphatic rings. The molecule has 1 aromatic heterocycles. The first-order chi connectivity index (χ1) is 4.22. The van der Waals surface area contributed by atoms with E-state index < -0.39 is 5.97 Å². The first-order valence-electron chi connectivity index (χ1n) is 2.49. The summed E-state index contributed by atoms with van der Waals surface area (Å²) in [6, 6.07) is 1.80. The van der Waals surface area contributed by atoms with Gasteiger partial charge in [-0.3, -0.25) is 0 Å². The Bertz CT molecular complexity index is 242. The topological polar surface area (TPSA) is 37.3 Å². The summed E-state index contributed by atoms with van der Waals surface area (Å²) in [5.41, 5.74) is 0.840. The minimum absolute atomic E-state index is 0. The molecule has 1 N–H and O–H groups in total. The average Bonchev–Trinajstić information content (AvgIpc) is 2.13. The Morgan fingerprint density at radius 3 is 2.36 bits per heavy atom. The van der Waals surface area contributed by atoms with Crippen LogP contribution in [0.4, 0.5) is 0 Å². The van der Waals surface area contributed by atoms with E-state index in [0.717, 1.165) is 5.56 Å². The molecule has 0 fully saturated rings. The van der Waals surface area contributed by atoms with Crippen molar-refractivity contribution in [1.82, 2.24) is 0 Å². The molecule has 1 aromatic rings. The molecule has 5 heteroatoms. The smallest absolute Gasteiger partial charge is 1.00 e. The van der Waals surface area contributed by atoms with Crippen LogP contribution in [-0.4, -0.2) is 11.1 Å². The monoisotopic (exact) mass is 190 g/mol. The Balaban J connectivity index is -0.000000101. The van der Waals surface area contributed by atoms with Gasteiger partial charge in [-0.25, -0.2) is 4.79 Å². The Labute approximate surface area is 117 Å². The van der Waals surface area contributed by atoms with Crippen molar-refractivity contribution in [1.29, 1.82) is 0 Å². The van der Waals surface area contributed by atoms with E-state index in [1.807, 2.05) is 0 Å². The maximum atomic E-state index is 10.3. The van der Waals surface area contributed by atoms with Crippen molar-refractivity contribution in [2.75, 3.05) is 0 Å². The zero-order valence-corrected chi connectivity index (χ0v) is 11.7. The quantitative estimate of drug-likeness (QED) is 0.458. The fourth-order valence-corrected chi connectivity index (χ4v) is 1.35. The van der Waals surface area contributed by atoms with E-state index in [1.54, 1.807) is 18.4 Å². The predicted octanol–water partition coefficient (Wildman–Crippen LogP) is -4.01. The van der Waals surface area contributed by atoms with E-state index in [0.29, 0.717) is 4.88 Å². The minimum atomic E-state index is -0.831. The van der Waals surface area contributed by atoms with Gasteiger partial charge in [0.2, 0.25) is 0 Å². The Morgan fingerprint density at radius 2 is 2.18 bits per heavy atom. The number of carboxylic acids is 1. The average molecular weight is 190 g/mol. The van der Waals surface area contributed by atoms with Crippen LogP contribution in [0.3, 0.4) is 0 Å². The molecular weight excluding hydrogens is 182 g/mol. The van der Waals surface area contributed by atoms with Gasteiger partial charge in [-0.15, -0.1) is 11.3 Å². The third kappa shape index (κ3) is 4.08. The molecule has 0 aliphatic carbocycles. The molecule has 0 saturated carbocycles. The molecule has 0 spiro atoms. The molecule has 0 bridgehead atoms. The summed E-state index contributed by atoms with van der Waals surface area (Å²) in [6.07, 6.45) is 0. The molecule has 11 heavy (non-hydrogen) atoms. The van der Waals surface area contributed by atoms with E-state index in [9.17, 15) is 4.79 Å². The first kappa shape index (κ1) is 14.7. The number of carbonyl (C=O) groups is 1. The van der Waals surface area contributed by atoms with Crippen molar-refractivity contribution in [3.05, 3.63) is 21.9 Å². The molecule has 0 atom stereocenters. The van der Waals surface area contributed by atoms with Crippen LogP contribution < -0.4 is 59.1 Å². The second kappa shape index (κ2) is 6.66. The van der Waals surface area contributed by atoms with Crippen LogP contribution in [0, 0.1) is 6.92 Å². The molecule has 0 saturated heterocycles. The fourth-order valence-electron chi connectivity index (χ4n) is 0.592. The van der Waals surface area contributed by atoms with Crippen LogP contribution in [0.2, 0.25) is 0 Å². The van der Waals surface area contributed by atoms with Gasteiger partial charge in [-0.2, -0.15) is 0 Å². The Morgan fingerprint density at radius 1 is 1.64 bits per heavy atom. The van der Waals surface area contributed by atoms with Gasteiger partial charge in [-0.05, 0) is 23.9 Å². The van der Waals surface area contributed by atoms with E-state index in [2.05, 4.69) is 0 Å². The van der Waals surface area contributed by atoms with Gasteiger partial charge in [0, 0.05) is 0 Å². The van der Waals surface area contributed by atoms with Crippen LogP contribution in [0.15, 0.2) is 11.4 Å². The first-order valence-corrected chi connectivity index (χ1v) is 3.37. The van der Waals surface area contributed by atoms with Crippen molar-refractivity contribution in [3.8, 4) is 0 Å². The summed E-state index contributed by atoms with van der Waals surface area (Å²) in [5.74, 6) is -0.831. The number of aryl methyl sites for hydroxylation is 1. The number of hydrogen-bond acceptors (Lipinski definition) is 2. The summed E-state index contributed by atoms with van der Waals surface area (Å²) >= 11 is 1.26. The second-order valence-electron chi connectivity index (χ2n) is 1.74. The van der Waals surface area contributed by atoms with Crippen molar-refractivity contribution in [3.63, 3.8) is 0 Å². The zero-order valence-electron chi connectivity index (χ0n) is 8.92. The van der Waals surface area contributed by atoms with E-state index in [4.69, 9.17) is 5.11 Å². The zero-order chi connectivity index (χ0) is 6.85. The van der Waals surface area contributed by atoms with Gasteiger partial charge in [-0.1, -0.05) is 0 Å². The van der Waals surface area contributed by atoms with Gasteiger partial charge in [0.1, 0.15) is 4.88 Å². The van der Waals surface area contributed by atoms with Crippen LogP contribution in [0.5, 0.6) is 0 Å². The van der Waals surface area contributed by atoms with E-state index in [-0.39, 0.29) is 62.0 Å². The van der Waals surface area contributed by atoms with Crippen LogP contribution in [-0.2, 0) is 0 Å². The van der Waals surface area contributed by atoms with E-state index >= 15 is 0 Å². The normalized spacial score (nSPS) is 7.73. The van der Waals surface area contributed by atoms with Gasteiger partial charge in [0.15, 0.2) is 0 Å². The molecule has 0 aliphatic heterocycles. The Kier molecular flexibility index (Phi) is 8.89. The number of rotatable bonds is 1. The summed E-state index contributed by atoms with van der Waals surface area (Å²) in [6.45, 7) is 1.79. The van der Waals surface area contributed by atoms with Crippen molar-refractivity contribution in [2.24, 2.45) is 0 Å². The molecule has 0 radical (unpaired) electrons. The molecule has 0 aromatic carbocycles. The second-order valence-corrected chi connectivity index (χ2v) is 2.65. The largest absolute Gasteiger partial charge is 1.00 e. The third-order valence-electron chi connectivity index (χ3n) is 1.06. The van der Waals surface area contributed by atoms with Gasteiger partial charge >= 0.3 is 65.1 Å². The van der Waals surface area contributed by atoms with Crippen LogP contribution in [0.1, 0.15) is 18.1 Å². The number of carboxylic acid groups (broad SMARTS) is 1. The van der Waals surface area contributed by atoms with Gasteiger partial charge in [0.05, 0.1) is 0 Å². The standard InChI is InChI=1S/C6H6O2S.2Na.2H/c1-4-2-3-9-5(4)6(7)8;;;;/h2-3H,1H3,(H,7,8);;;;/q;2*+1;2*-1. The van der Waals surface area contributed by atoms with E-state index in [1.165, 1.54) is 11.3 Å².